The van der Waals surface area contributed by atoms with Crippen LogP contribution in [0.5, 0.6) is 23.0 Å². The third-order valence-electron chi connectivity index (χ3n) is 7.47. The van der Waals surface area contributed by atoms with Gasteiger partial charge in [0.1, 0.15) is 5.52 Å². The largest absolute Gasteiger partial charge is 0.493 e. The summed E-state index contributed by atoms with van der Waals surface area (Å²) in [5.41, 5.74) is 3.57. The Hall–Kier alpha value is -4.53. The summed E-state index contributed by atoms with van der Waals surface area (Å²) in [6, 6.07) is 17.0. The number of carbonyl (C=O) groups excluding carboxylic acids is 1. The summed E-state index contributed by atoms with van der Waals surface area (Å²) in [7, 11) is 3.21. The summed E-state index contributed by atoms with van der Waals surface area (Å²) in [6.07, 6.45) is 6.45. The number of methoxy groups -OCH3 is 2. The molecule has 212 valence electrons. The van der Waals surface area contributed by atoms with Crippen molar-refractivity contribution in [1.82, 2.24) is 9.88 Å². The summed E-state index contributed by atoms with van der Waals surface area (Å²) >= 11 is 0. The highest BCUT2D eigenvalue weighted by molar-refractivity contribution is 6.03. The van der Waals surface area contributed by atoms with Crippen LogP contribution in [0.2, 0.25) is 0 Å². The van der Waals surface area contributed by atoms with E-state index >= 15 is 0 Å². The molecule has 1 saturated heterocycles. The molecule has 0 aliphatic carbocycles. The molecule has 0 bridgehead atoms. The molecule has 0 N–H and O–H groups in total. The van der Waals surface area contributed by atoms with Gasteiger partial charge in [0.05, 0.1) is 44.7 Å². The lowest BCUT2D eigenvalue weighted by Crippen LogP contribution is -2.35. The van der Waals surface area contributed by atoms with E-state index in [1.54, 1.807) is 20.3 Å². The number of amides is 1. The van der Waals surface area contributed by atoms with Crippen molar-refractivity contribution >= 4 is 28.9 Å². The number of hydrogen-bond donors (Lipinski definition) is 0. The summed E-state index contributed by atoms with van der Waals surface area (Å²) in [4.78, 5) is 24.1. The Morgan fingerprint density at radius 1 is 0.902 bits per heavy atom. The first-order valence-electron chi connectivity index (χ1n) is 14.0. The molecule has 9 nitrogen and oxygen atoms in total. The highest BCUT2D eigenvalue weighted by atomic mass is 16.5. The minimum atomic E-state index is 0.00214. The molecule has 1 fully saturated rings. The molecule has 3 heterocycles. The van der Waals surface area contributed by atoms with Crippen LogP contribution < -0.4 is 18.9 Å². The number of aliphatic imine (C=N–C) groups is 1. The summed E-state index contributed by atoms with van der Waals surface area (Å²) in [6.45, 7) is 1.83. The second-order valence-electron chi connectivity index (χ2n) is 10.1. The zero-order valence-corrected chi connectivity index (χ0v) is 23.3. The second-order valence-corrected chi connectivity index (χ2v) is 10.1. The van der Waals surface area contributed by atoms with Gasteiger partial charge in [0.15, 0.2) is 28.6 Å². The number of fused-ring (bicyclic) bond motifs is 3. The molecule has 1 aromatic heterocycles. The van der Waals surface area contributed by atoms with Crippen molar-refractivity contribution in [1.29, 1.82) is 0 Å². The summed E-state index contributed by atoms with van der Waals surface area (Å²) < 4.78 is 29.0. The first-order valence-corrected chi connectivity index (χ1v) is 14.0. The van der Waals surface area contributed by atoms with Crippen LogP contribution in [-0.4, -0.2) is 62.0 Å². The Bertz CT molecular complexity index is 1550. The van der Waals surface area contributed by atoms with Crippen LogP contribution in [0.4, 0.5) is 5.69 Å². The van der Waals surface area contributed by atoms with Gasteiger partial charge in [-0.15, -0.1) is 0 Å². The van der Waals surface area contributed by atoms with Crippen LogP contribution in [0.1, 0.15) is 42.5 Å². The van der Waals surface area contributed by atoms with Gasteiger partial charge in [-0.2, -0.15) is 0 Å². The Kier molecular flexibility index (Phi) is 7.75. The number of nitrogens with zero attached hydrogens (tertiary/aromatic N) is 3. The lowest BCUT2D eigenvalue weighted by Gasteiger charge is -2.20. The number of oxazole rings is 1. The number of ether oxygens (including phenoxy) is 4. The number of benzene rings is 3. The van der Waals surface area contributed by atoms with Crippen molar-refractivity contribution in [2.45, 2.75) is 38.1 Å². The van der Waals surface area contributed by atoms with Gasteiger partial charge >= 0.3 is 0 Å². The highest BCUT2D eigenvalue weighted by Gasteiger charge is 2.32. The fourth-order valence-electron chi connectivity index (χ4n) is 5.28. The van der Waals surface area contributed by atoms with Gasteiger partial charge in [0.25, 0.3) is 5.91 Å². The molecule has 1 amide bonds. The van der Waals surface area contributed by atoms with Crippen molar-refractivity contribution in [3.8, 4) is 34.5 Å². The molecule has 4 aromatic rings. The van der Waals surface area contributed by atoms with Crippen LogP contribution in [-0.2, 0) is 0 Å². The van der Waals surface area contributed by atoms with E-state index in [4.69, 9.17) is 23.4 Å². The van der Waals surface area contributed by atoms with E-state index in [1.807, 2.05) is 59.6 Å². The Labute approximate surface area is 238 Å². The maximum absolute atomic E-state index is 13.0. The monoisotopic (exact) mass is 555 g/mol. The van der Waals surface area contributed by atoms with Crippen molar-refractivity contribution in [2.75, 3.05) is 34.0 Å². The summed E-state index contributed by atoms with van der Waals surface area (Å²) in [5, 5.41) is 0. The van der Waals surface area contributed by atoms with Gasteiger partial charge in [0, 0.05) is 24.4 Å². The van der Waals surface area contributed by atoms with E-state index in [0.29, 0.717) is 53.4 Å². The maximum atomic E-state index is 13.0. The van der Waals surface area contributed by atoms with Gasteiger partial charge in [-0.1, -0.05) is 12.1 Å². The van der Waals surface area contributed by atoms with E-state index in [1.165, 1.54) is 0 Å². The van der Waals surface area contributed by atoms with Crippen molar-refractivity contribution < 1.29 is 28.2 Å². The van der Waals surface area contributed by atoms with Crippen LogP contribution in [0.3, 0.4) is 0 Å². The van der Waals surface area contributed by atoms with Gasteiger partial charge in [-0.05, 0) is 68.5 Å². The fraction of sp³-hybridized carbons (Fsp3) is 0.344. The van der Waals surface area contributed by atoms with Crippen LogP contribution in [0, 0.1) is 0 Å². The molecule has 6 rings (SSSR count). The van der Waals surface area contributed by atoms with Crippen molar-refractivity contribution in [3.63, 3.8) is 0 Å². The number of para-hydroxylation sites is 2. The predicted molar refractivity (Wildman–Crippen MR) is 156 cm³/mol. The third kappa shape index (κ3) is 5.57. The average Bonchev–Trinajstić information content (AvgIpc) is 3.64. The standard InChI is InChI=1S/C32H33N3O6/c1-37-28-17-21(31-34-24-10-4-5-11-26(24)41-31)12-13-27(28)39-15-6-3-7-16-40-30-19-25-23(18-29(30)38-2)32(36)35-14-8-9-22(35)20-33-25/h4-5,10-13,17-20,22H,3,6-9,14-16H2,1-2H3/t22-/m0/s1. The minimum absolute atomic E-state index is 0.00214. The molecule has 0 saturated carbocycles. The highest BCUT2D eigenvalue weighted by Crippen LogP contribution is 2.38. The SMILES string of the molecule is COc1cc(-c2nc3ccccc3o2)ccc1OCCCCCOc1cc2c(cc1OC)C(=O)N1CCC[C@H]1C=N2. The van der Waals surface area contributed by atoms with Gasteiger partial charge < -0.3 is 28.3 Å². The lowest BCUT2D eigenvalue weighted by atomic mass is 10.1. The lowest BCUT2D eigenvalue weighted by molar-refractivity contribution is 0.0774. The molecule has 41 heavy (non-hydrogen) atoms. The van der Waals surface area contributed by atoms with Crippen molar-refractivity contribution in [3.05, 3.63) is 60.2 Å². The van der Waals surface area contributed by atoms with Gasteiger partial charge in [-0.25, -0.2) is 4.98 Å². The number of rotatable bonds is 11. The molecular formula is C32H33N3O6. The molecular weight excluding hydrogens is 522 g/mol. The minimum Gasteiger partial charge on any atom is -0.493 e. The van der Waals surface area contributed by atoms with Crippen LogP contribution in [0.25, 0.3) is 22.6 Å². The smallest absolute Gasteiger partial charge is 0.256 e. The maximum Gasteiger partial charge on any atom is 0.256 e. The van der Waals surface area contributed by atoms with Gasteiger partial charge in [0.2, 0.25) is 5.89 Å². The molecule has 3 aromatic carbocycles. The van der Waals surface area contributed by atoms with Gasteiger partial charge in [-0.3, -0.25) is 9.79 Å². The Morgan fingerprint density at radius 3 is 2.49 bits per heavy atom. The predicted octanol–water partition coefficient (Wildman–Crippen LogP) is 6.46. The van der Waals surface area contributed by atoms with E-state index in [9.17, 15) is 4.79 Å². The first-order chi connectivity index (χ1) is 20.1. The molecule has 1 atom stereocenters. The van der Waals surface area contributed by atoms with E-state index in [2.05, 4.69) is 9.98 Å². The van der Waals surface area contributed by atoms with E-state index in [-0.39, 0.29) is 11.9 Å². The van der Waals surface area contributed by atoms with E-state index < -0.39 is 0 Å². The quantitative estimate of drug-likeness (QED) is 0.196. The molecule has 0 radical (unpaired) electrons. The Balaban J connectivity index is 0.996. The van der Waals surface area contributed by atoms with E-state index in [0.717, 1.165) is 55.3 Å². The average molecular weight is 556 g/mol. The van der Waals surface area contributed by atoms with Crippen molar-refractivity contribution in [2.24, 2.45) is 4.99 Å². The number of unbranched alkanes of at least 4 members (excludes halogenated alkanes) is 2. The molecule has 0 spiro atoms. The molecule has 2 aliphatic heterocycles. The number of hydrogen-bond acceptors (Lipinski definition) is 8. The first kappa shape index (κ1) is 26.7. The summed E-state index contributed by atoms with van der Waals surface area (Å²) in [5.74, 6) is 2.99. The fourth-order valence-corrected chi connectivity index (χ4v) is 5.28. The number of aromatic nitrogens is 1. The molecule has 0 unspecified atom stereocenters. The molecule has 9 heteroatoms. The topological polar surface area (TPSA) is 95.6 Å². The normalized spacial score (nSPS) is 15.9. The number of carbonyl (C=O) groups is 1. The van der Waals surface area contributed by atoms with Crippen LogP contribution >= 0.6 is 0 Å². The zero-order chi connectivity index (χ0) is 28.2. The van der Waals surface area contributed by atoms with Crippen LogP contribution in [0.15, 0.2) is 64.0 Å². The molecule has 2 aliphatic rings. The zero-order valence-electron chi connectivity index (χ0n) is 23.3. The second kappa shape index (κ2) is 11.9. The Morgan fingerprint density at radius 2 is 1.68 bits per heavy atom. The third-order valence-corrected chi connectivity index (χ3v) is 7.47.